The van der Waals surface area contributed by atoms with Crippen molar-refractivity contribution in [3.05, 3.63) is 56.8 Å². The minimum Gasteiger partial charge on any atom is -0.326 e. The molecule has 0 aromatic carbocycles. The number of nitrogens with two attached hydrogens (primary N) is 1. The number of rotatable bonds is 4. The third kappa shape index (κ3) is 2.89. The van der Waals surface area contributed by atoms with Crippen molar-refractivity contribution in [2.24, 2.45) is 12.8 Å². The fraction of sp³-hybridized carbons (Fsp3) is 0.188. The van der Waals surface area contributed by atoms with Crippen LogP contribution < -0.4 is 16.6 Å². The van der Waals surface area contributed by atoms with Gasteiger partial charge in [-0.2, -0.15) is 5.10 Å². The normalized spacial score (nSPS) is 10.8. The van der Waals surface area contributed by atoms with E-state index in [4.69, 9.17) is 5.73 Å². The Kier molecular flexibility index (Phi) is 4.32. The van der Waals surface area contributed by atoms with Crippen LogP contribution in [0.1, 0.15) is 21.6 Å². The number of aromatic nitrogens is 3. The zero-order chi connectivity index (χ0) is 17.3. The summed E-state index contributed by atoms with van der Waals surface area (Å²) in [6.07, 6.45) is 0. The first-order valence-electron chi connectivity index (χ1n) is 7.32. The summed E-state index contributed by atoms with van der Waals surface area (Å²) in [5, 5.41) is 8.82. The molecule has 24 heavy (non-hydrogen) atoms. The number of anilines is 1. The molecule has 0 fully saturated rings. The molecule has 3 aromatic rings. The standard InChI is InChI=1S/C16H17N5O2S/c1-9-11(8-17)14(20-21(9)2)19-16(23)10-5-6-12(18-15(10)22)13-4-3-7-24-13/h3-7H,8,17H2,1-2H3,(H,18,22)(H,19,20,23). The van der Waals surface area contributed by atoms with Gasteiger partial charge in [-0.25, -0.2) is 0 Å². The Balaban J connectivity index is 1.88. The van der Waals surface area contributed by atoms with Crippen LogP contribution >= 0.6 is 11.3 Å². The SMILES string of the molecule is Cc1c(CN)c(NC(=O)c2ccc(-c3cccs3)[nH]c2=O)nn1C. The van der Waals surface area contributed by atoms with Crippen LogP contribution in [0.2, 0.25) is 0 Å². The number of H-pyrrole nitrogens is 1. The van der Waals surface area contributed by atoms with Gasteiger partial charge in [0.2, 0.25) is 0 Å². The van der Waals surface area contributed by atoms with Gasteiger partial charge < -0.3 is 16.0 Å². The van der Waals surface area contributed by atoms with Gasteiger partial charge >= 0.3 is 0 Å². The number of hydrogen-bond acceptors (Lipinski definition) is 5. The van der Waals surface area contributed by atoms with E-state index >= 15 is 0 Å². The monoisotopic (exact) mass is 343 g/mol. The van der Waals surface area contributed by atoms with Gasteiger partial charge in [0, 0.05) is 24.8 Å². The van der Waals surface area contributed by atoms with Gasteiger partial charge in [-0.15, -0.1) is 11.3 Å². The second kappa shape index (κ2) is 6.42. The van der Waals surface area contributed by atoms with Crippen molar-refractivity contribution in [3.8, 4) is 10.6 Å². The first-order valence-corrected chi connectivity index (χ1v) is 8.20. The third-order valence-electron chi connectivity index (χ3n) is 3.83. The summed E-state index contributed by atoms with van der Waals surface area (Å²) in [6.45, 7) is 2.12. The molecule has 8 heteroatoms. The number of amides is 1. The van der Waals surface area contributed by atoms with Crippen molar-refractivity contribution in [2.45, 2.75) is 13.5 Å². The van der Waals surface area contributed by atoms with Crippen LogP contribution in [0.4, 0.5) is 5.82 Å². The Morgan fingerprint density at radius 1 is 1.42 bits per heavy atom. The van der Waals surface area contributed by atoms with Crippen molar-refractivity contribution in [1.29, 1.82) is 0 Å². The molecular formula is C16H17N5O2S. The lowest BCUT2D eigenvalue weighted by atomic mass is 10.2. The summed E-state index contributed by atoms with van der Waals surface area (Å²) >= 11 is 1.51. The molecule has 0 aliphatic rings. The first-order chi connectivity index (χ1) is 11.5. The molecule has 4 N–H and O–H groups in total. The highest BCUT2D eigenvalue weighted by atomic mass is 32.1. The van der Waals surface area contributed by atoms with Gasteiger partial charge in [0.1, 0.15) is 5.56 Å². The number of carbonyl (C=O) groups is 1. The lowest BCUT2D eigenvalue weighted by Crippen LogP contribution is -2.24. The highest BCUT2D eigenvalue weighted by Gasteiger charge is 2.17. The van der Waals surface area contributed by atoms with Crippen LogP contribution in [-0.4, -0.2) is 20.7 Å². The van der Waals surface area contributed by atoms with E-state index < -0.39 is 11.5 Å². The van der Waals surface area contributed by atoms with Gasteiger partial charge in [-0.3, -0.25) is 14.3 Å². The number of carbonyl (C=O) groups excluding carboxylic acids is 1. The molecule has 0 aliphatic heterocycles. The molecular weight excluding hydrogens is 326 g/mol. The summed E-state index contributed by atoms with van der Waals surface area (Å²) in [4.78, 5) is 28.3. The molecule has 0 atom stereocenters. The van der Waals surface area contributed by atoms with Gasteiger partial charge in [0.15, 0.2) is 5.82 Å². The fourth-order valence-electron chi connectivity index (χ4n) is 2.40. The van der Waals surface area contributed by atoms with Crippen molar-refractivity contribution < 1.29 is 4.79 Å². The maximum atomic E-state index is 12.4. The molecule has 1 amide bonds. The van der Waals surface area contributed by atoms with E-state index in [1.54, 1.807) is 17.8 Å². The number of thiophene rings is 1. The molecule has 0 aliphatic carbocycles. The average molecular weight is 343 g/mol. The van der Waals surface area contributed by atoms with Crippen LogP contribution in [-0.2, 0) is 13.6 Å². The topological polar surface area (TPSA) is 106 Å². The summed E-state index contributed by atoms with van der Waals surface area (Å²) in [5.41, 5.74) is 7.60. The van der Waals surface area contributed by atoms with Crippen LogP contribution in [0.15, 0.2) is 34.4 Å². The van der Waals surface area contributed by atoms with Crippen LogP contribution in [0, 0.1) is 6.92 Å². The van der Waals surface area contributed by atoms with Crippen LogP contribution in [0.3, 0.4) is 0 Å². The number of pyridine rings is 1. The molecule has 3 aromatic heterocycles. The molecule has 7 nitrogen and oxygen atoms in total. The molecule has 0 unspecified atom stereocenters. The minimum absolute atomic E-state index is 0.0292. The molecule has 0 saturated heterocycles. The maximum absolute atomic E-state index is 12.4. The Hall–Kier alpha value is -2.71. The van der Waals surface area contributed by atoms with Crippen molar-refractivity contribution in [2.75, 3.05) is 5.32 Å². The summed E-state index contributed by atoms with van der Waals surface area (Å²) in [5.74, 6) is -0.133. The van der Waals surface area contributed by atoms with E-state index in [1.807, 2.05) is 24.4 Å². The van der Waals surface area contributed by atoms with E-state index in [0.29, 0.717) is 11.5 Å². The number of nitrogens with zero attached hydrogens (tertiary/aromatic N) is 2. The van der Waals surface area contributed by atoms with Crippen molar-refractivity contribution >= 4 is 23.1 Å². The molecule has 124 valence electrons. The highest BCUT2D eigenvalue weighted by Crippen LogP contribution is 2.22. The van der Waals surface area contributed by atoms with E-state index in [0.717, 1.165) is 16.1 Å². The summed E-state index contributed by atoms with van der Waals surface area (Å²) < 4.78 is 1.64. The largest absolute Gasteiger partial charge is 0.326 e. The lowest BCUT2D eigenvalue weighted by Gasteiger charge is -2.05. The first kappa shape index (κ1) is 16.2. The molecule has 0 spiro atoms. The zero-order valence-electron chi connectivity index (χ0n) is 13.3. The third-order valence-corrected chi connectivity index (χ3v) is 4.74. The van der Waals surface area contributed by atoms with Gasteiger partial charge in [-0.1, -0.05) is 6.07 Å². The number of aromatic amines is 1. The Labute approximate surface area is 142 Å². The second-order valence-electron chi connectivity index (χ2n) is 5.29. The van der Waals surface area contributed by atoms with Crippen molar-refractivity contribution in [1.82, 2.24) is 14.8 Å². The van der Waals surface area contributed by atoms with Gasteiger partial charge in [-0.05, 0) is 30.5 Å². The van der Waals surface area contributed by atoms with Crippen molar-refractivity contribution in [3.63, 3.8) is 0 Å². The van der Waals surface area contributed by atoms with E-state index in [-0.39, 0.29) is 12.1 Å². The van der Waals surface area contributed by atoms with E-state index in [1.165, 1.54) is 17.4 Å². The predicted molar refractivity (Wildman–Crippen MR) is 94.2 cm³/mol. The average Bonchev–Trinajstić information content (AvgIpc) is 3.17. The minimum atomic E-state index is -0.512. The number of hydrogen-bond donors (Lipinski definition) is 3. The number of aryl methyl sites for hydroxylation is 1. The Morgan fingerprint density at radius 3 is 2.83 bits per heavy atom. The van der Waals surface area contributed by atoms with E-state index in [9.17, 15) is 9.59 Å². The number of nitrogens with one attached hydrogen (secondary N) is 2. The Morgan fingerprint density at radius 2 is 2.21 bits per heavy atom. The smallest absolute Gasteiger partial charge is 0.262 e. The summed E-state index contributed by atoms with van der Waals surface area (Å²) in [7, 11) is 1.77. The highest BCUT2D eigenvalue weighted by molar-refractivity contribution is 7.13. The van der Waals surface area contributed by atoms with Crippen LogP contribution in [0.25, 0.3) is 10.6 Å². The molecule has 0 bridgehead atoms. The molecule has 3 rings (SSSR count). The quantitative estimate of drug-likeness (QED) is 0.672. The molecule has 3 heterocycles. The summed E-state index contributed by atoms with van der Waals surface area (Å²) in [6, 6.07) is 7.04. The van der Waals surface area contributed by atoms with Gasteiger partial charge in [0.05, 0.1) is 10.6 Å². The zero-order valence-corrected chi connectivity index (χ0v) is 14.1. The molecule has 0 radical (unpaired) electrons. The predicted octanol–water partition coefficient (Wildman–Crippen LogP) is 1.86. The van der Waals surface area contributed by atoms with Crippen LogP contribution in [0.5, 0.6) is 0 Å². The lowest BCUT2D eigenvalue weighted by molar-refractivity contribution is 0.102. The Bertz CT molecular complexity index is 940. The van der Waals surface area contributed by atoms with Gasteiger partial charge in [0.25, 0.3) is 11.5 Å². The maximum Gasteiger partial charge on any atom is 0.262 e. The second-order valence-corrected chi connectivity index (χ2v) is 6.23. The van der Waals surface area contributed by atoms with E-state index in [2.05, 4.69) is 15.4 Å². The fourth-order valence-corrected chi connectivity index (χ4v) is 3.11. The molecule has 0 saturated carbocycles.